The molecule has 1 heterocycles. The Morgan fingerprint density at radius 2 is 1.69 bits per heavy atom. The van der Waals surface area contributed by atoms with Gasteiger partial charge in [-0.25, -0.2) is 12.8 Å². The molecule has 4 rings (SSSR count). The zero-order chi connectivity index (χ0) is 22.7. The highest BCUT2D eigenvalue weighted by molar-refractivity contribution is 7.89. The van der Waals surface area contributed by atoms with E-state index in [0.29, 0.717) is 44.2 Å². The number of sulfonamides is 1. The van der Waals surface area contributed by atoms with Gasteiger partial charge in [-0.05, 0) is 61.2 Å². The van der Waals surface area contributed by atoms with Crippen LogP contribution in [-0.4, -0.2) is 63.3 Å². The third-order valence-electron chi connectivity index (χ3n) is 6.50. The summed E-state index contributed by atoms with van der Waals surface area (Å²) in [5.74, 6) is 0.0987. The van der Waals surface area contributed by atoms with Crippen molar-refractivity contribution >= 4 is 21.6 Å². The Labute approximate surface area is 189 Å². The van der Waals surface area contributed by atoms with Crippen molar-refractivity contribution in [1.82, 2.24) is 9.21 Å². The van der Waals surface area contributed by atoms with Gasteiger partial charge in [-0.2, -0.15) is 4.31 Å². The Hall–Kier alpha value is -2.45. The van der Waals surface area contributed by atoms with Gasteiger partial charge in [0.05, 0.1) is 4.90 Å². The molecule has 1 aliphatic carbocycles. The molecule has 6 nitrogen and oxygen atoms in total. The third-order valence-corrected chi connectivity index (χ3v) is 8.40. The number of hydrogen-bond acceptors (Lipinski definition) is 4. The summed E-state index contributed by atoms with van der Waals surface area (Å²) in [6, 6.07) is 12.6. The van der Waals surface area contributed by atoms with Crippen molar-refractivity contribution in [3.63, 3.8) is 0 Å². The Balaban J connectivity index is 1.42. The van der Waals surface area contributed by atoms with Gasteiger partial charge in [-0.1, -0.05) is 18.9 Å². The number of hydrogen-bond donors (Lipinski definition) is 0. The lowest BCUT2D eigenvalue weighted by Crippen LogP contribution is -2.48. The van der Waals surface area contributed by atoms with E-state index in [-0.39, 0.29) is 16.6 Å². The number of halogens is 1. The van der Waals surface area contributed by atoms with E-state index in [1.165, 1.54) is 35.3 Å². The largest absolute Gasteiger partial charge is 0.369 e. The van der Waals surface area contributed by atoms with Crippen LogP contribution in [-0.2, 0) is 10.0 Å². The van der Waals surface area contributed by atoms with Crippen molar-refractivity contribution in [3.8, 4) is 0 Å². The molecule has 2 aromatic carbocycles. The average Bonchev–Trinajstić information content (AvgIpc) is 3.32. The summed E-state index contributed by atoms with van der Waals surface area (Å²) >= 11 is 0. The van der Waals surface area contributed by atoms with Crippen LogP contribution in [0.1, 0.15) is 36.0 Å². The predicted molar refractivity (Wildman–Crippen MR) is 123 cm³/mol. The minimum Gasteiger partial charge on any atom is -0.369 e. The van der Waals surface area contributed by atoms with Gasteiger partial charge >= 0.3 is 0 Å². The van der Waals surface area contributed by atoms with Crippen molar-refractivity contribution < 1.29 is 17.6 Å². The molecule has 32 heavy (non-hydrogen) atoms. The third kappa shape index (κ3) is 4.96. The number of rotatable bonds is 6. The molecule has 2 aliphatic rings. The molecule has 0 aromatic heterocycles. The molecule has 2 fully saturated rings. The SMILES string of the molecule is CN(CC1CCCC1)C(=O)c1cccc(S(=O)(=O)N2CCN(c3ccc(F)cc3)CC2)c1. The monoisotopic (exact) mass is 459 g/mol. The first kappa shape index (κ1) is 22.7. The van der Waals surface area contributed by atoms with Gasteiger partial charge in [0.15, 0.2) is 0 Å². The molecule has 0 unspecified atom stereocenters. The molecule has 172 valence electrons. The van der Waals surface area contributed by atoms with E-state index >= 15 is 0 Å². The Morgan fingerprint density at radius 3 is 2.34 bits per heavy atom. The van der Waals surface area contributed by atoms with Crippen molar-refractivity contribution in [3.05, 3.63) is 59.9 Å². The predicted octanol–water partition coefficient (Wildman–Crippen LogP) is 3.60. The first-order valence-corrected chi connectivity index (χ1v) is 12.6. The summed E-state index contributed by atoms with van der Waals surface area (Å²) in [4.78, 5) is 16.8. The Morgan fingerprint density at radius 1 is 1.03 bits per heavy atom. The minimum atomic E-state index is -3.70. The van der Waals surface area contributed by atoms with E-state index in [1.807, 2.05) is 4.90 Å². The molecule has 1 saturated carbocycles. The van der Waals surface area contributed by atoms with Crippen LogP contribution in [0, 0.1) is 11.7 Å². The van der Waals surface area contributed by atoms with E-state index in [2.05, 4.69) is 0 Å². The van der Waals surface area contributed by atoms with Crippen LogP contribution in [0.3, 0.4) is 0 Å². The summed E-state index contributed by atoms with van der Waals surface area (Å²) in [5, 5.41) is 0. The number of carbonyl (C=O) groups is 1. The van der Waals surface area contributed by atoms with Crippen LogP contribution >= 0.6 is 0 Å². The van der Waals surface area contributed by atoms with Gasteiger partial charge in [-0.3, -0.25) is 4.79 Å². The molecule has 1 aliphatic heterocycles. The number of carbonyl (C=O) groups excluding carboxylic acids is 1. The molecule has 0 spiro atoms. The van der Waals surface area contributed by atoms with E-state index in [9.17, 15) is 17.6 Å². The van der Waals surface area contributed by atoms with Gasteiger partial charge in [0, 0.05) is 51.0 Å². The highest BCUT2D eigenvalue weighted by Crippen LogP contribution is 2.26. The Bertz CT molecular complexity index is 1040. The Kier molecular flexibility index (Phi) is 6.81. The maximum atomic E-state index is 13.2. The van der Waals surface area contributed by atoms with Crippen LogP contribution in [0.2, 0.25) is 0 Å². The second kappa shape index (κ2) is 9.58. The molecule has 0 N–H and O–H groups in total. The fourth-order valence-electron chi connectivity index (χ4n) is 4.66. The van der Waals surface area contributed by atoms with E-state index in [4.69, 9.17) is 0 Å². The van der Waals surface area contributed by atoms with Crippen molar-refractivity contribution in [2.75, 3.05) is 44.7 Å². The number of piperazine rings is 1. The van der Waals surface area contributed by atoms with Gasteiger partial charge in [0.25, 0.3) is 5.91 Å². The second-order valence-corrected chi connectivity index (χ2v) is 10.7. The van der Waals surface area contributed by atoms with Crippen LogP contribution in [0.5, 0.6) is 0 Å². The molecule has 2 aromatic rings. The van der Waals surface area contributed by atoms with Crippen molar-refractivity contribution in [1.29, 1.82) is 0 Å². The summed E-state index contributed by atoms with van der Waals surface area (Å²) < 4.78 is 41.1. The van der Waals surface area contributed by atoms with Crippen molar-refractivity contribution in [2.45, 2.75) is 30.6 Å². The second-order valence-electron chi connectivity index (χ2n) is 8.73. The first-order chi connectivity index (χ1) is 15.3. The summed E-state index contributed by atoms with van der Waals surface area (Å²) in [7, 11) is -1.91. The fraction of sp³-hybridized carbons (Fsp3) is 0.458. The number of benzene rings is 2. The topological polar surface area (TPSA) is 60.9 Å². The van der Waals surface area contributed by atoms with E-state index in [1.54, 1.807) is 42.3 Å². The minimum absolute atomic E-state index is 0.143. The molecule has 0 bridgehead atoms. The van der Waals surface area contributed by atoms with Crippen LogP contribution < -0.4 is 4.90 Å². The molecule has 1 amide bonds. The summed E-state index contributed by atoms with van der Waals surface area (Å²) in [6.07, 6.45) is 4.73. The molecule has 0 radical (unpaired) electrons. The van der Waals surface area contributed by atoms with E-state index in [0.717, 1.165) is 18.5 Å². The highest BCUT2D eigenvalue weighted by Gasteiger charge is 2.29. The number of anilines is 1. The van der Waals surface area contributed by atoms with Crippen LogP contribution in [0.15, 0.2) is 53.4 Å². The normalized spacial score (nSPS) is 18.1. The lowest BCUT2D eigenvalue weighted by Gasteiger charge is -2.35. The highest BCUT2D eigenvalue weighted by atomic mass is 32.2. The molecular formula is C24H30FN3O3S. The fourth-order valence-corrected chi connectivity index (χ4v) is 6.13. The standard InChI is InChI=1S/C24H30FN3O3S/c1-26(18-19-5-2-3-6-19)24(29)20-7-4-8-23(17-20)32(30,31)28-15-13-27(14-16-28)22-11-9-21(25)10-12-22/h4,7-12,17,19H,2-3,5-6,13-16,18H2,1H3. The van der Waals surface area contributed by atoms with Crippen LogP contribution in [0.4, 0.5) is 10.1 Å². The van der Waals surface area contributed by atoms with Gasteiger partial charge in [-0.15, -0.1) is 0 Å². The number of amides is 1. The average molecular weight is 460 g/mol. The lowest BCUT2D eigenvalue weighted by molar-refractivity contribution is 0.0773. The quantitative estimate of drug-likeness (QED) is 0.662. The molecular weight excluding hydrogens is 429 g/mol. The number of nitrogens with zero attached hydrogens (tertiary/aromatic N) is 3. The molecule has 1 saturated heterocycles. The zero-order valence-electron chi connectivity index (χ0n) is 18.4. The zero-order valence-corrected chi connectivity index (χ0v) is 19.2. The van der Waals surface area contributed by atoms with Gasteiger partial charge in [0.2, 0.25) is 10.0 Å². The lowest BCUT2D eigenvalue weighted by atomic mass is 10.1. The smallest absolute Gasteiger partial charge is 0.253 e. The van der Waals surface area contributed by atoms with E-state index < -0.39 is 10.0 Å². The van der Waals surface area contributed by atoms with Crippen LogP contribution in [0.25, 0.3) is 0 Å². The maximum Gasteiger partial charge on any atom is 0.253 e. The summed E-state index contributed by atoms with van der Waals surface area (Å²) in [5.41, 5.74) is 1.28. The van der Waals surface area contributed by atoms with Gasteiger partial charge in [0.1, 0.15) is 5.82 Å². The van der Waals surface area contributed by atoms with Crippen molar-refractivity contribution in [2.24, 2.45) is 5.92 Å². The van der Waals surface area contributed by atoms with Gasteiger partial charge < -0.3 is 9.80 Å². The molecule has 8 heteroatoms. The maximum absolute atomic E-state index is 13.2. The molecule has 0 atom stereocenters. The first-order valence-electron chi connectivity index (χ1n) is 11.2. The summed E-state index contributed by atoms with van der Waals surface area (Å²) in [6.45, 7) is 2.42.